The first-order chi connectivity index (χ1) is 6.36. The molecule has 0 aliphatic rings. The van der Waals surface area contributed by atoms with E-state index in [1.807, 2.05) is 16.9 Å². The smallest absolute Gasteiger partial charge is 0.0489 e. The first-order valence-electron chi connectivity index (χ1n) is 5.34. The maximum atomic E-state index is 4.23. The standard InChI is InChI=1S/C11H20N2/c1-3-5-7-11(4-2)10-13-9-6-8-12-13/h6,8-9,11H,3-5,7,10H2,1-2H3. The van der Waals surface area contributed by atoms with E-state index in [9.17, 15) is 0 Å². The van der Waals surface area contributed by atoms with Gasteiger partial charge in [0.1, 0.15) is 0 Å². The number of hydrogen-bond donors (Lipinski definition) is 0. The number of rotatable bonds is 6. The summed E-state index contributed by atoms with van der Waals surface area (Å²) in [5, 5.41) is 4.23. The van der Waals surface area contributed by atoms with E-state index in [4.69, 9.17) is 0 Å². The Morgan fingerprint density at radius 2 is 2.23 bits per heavy atom. The molecule has 0 aromatic carbocycles. The van der Waals surface area contributed by atoms with E-state index >= 15 is 0 Å². The first-order valence-corrected chi connectivity index (χ1v) is 5.34. The summed E-state index contributed by atoms with van der Waals surface area (Å²) < 4.78 is 2.05. The molecule has 0 bridgehead atoms. The van der Waals surface area contributed by atoms with Gasteiger partial charge in [-0.1, -0.05) is 33.1 Å². The van der Waals surface area contributed by atoms with E-state index in [1.165, 1.54) is 25.7 Å². The van der Waals surface area contributed by atoms with Gasteiger partial charge in [-0.15, -0.1) is 0 Å². The van der Waals surface area contributed by atoms with Gasteiger partial charge in [0.25, 0.3) is 0 Å². The van der Waals surface area contributed by atoms with Crippen LogP contribution >= 0.6 is 0 Å². The molecule has 0 aliphatic heterocycles. The predicted octanol–water partition coefficient (Wildman–Crippen LogP) is 3.10. The van der Waals surface area contributed by atoms with E-state index in [1.54, 1.807) is 0 Å². The van der Waals surface area contributed by atoms with Crippen LogP contribution in [0.3, 0.4) is 0 Å². The average Bonchev–Trinajstić information content (AvgIpc) is 2.64. The zero-order valence-corrected chi connectivity index (χ0v) is 8.74. The summed E-state index contributed by atoms with van der Waals surface area (Å²) in [4.78, 5) is 0. The Labute approximate surface area is 81.0 Å². The van der Waals surface area contributed by atoms with E-state index in [0.717, 1.165) is 12.5 Å². The minimum Gasteiger partial charge on any atom is -0.272 e. The SMILES string of the molecule is CCCCC(CC)Cn1cccn1. The van der Waals surface area contributed by atoms with Crippen LogP contribution in [0.1, 0.15) is 39.5 Å². The zero-order chi connectivity index (χ0) is 9.52. The molecule has 1 rings (SSSR count). The molecule has 1 heterocycles. The molecule has 0 saturated carbocycles. The molecule has 1 aromatic rings. The second kappa shape index (κ2) is 5.79. The van der Waals surface area contributed by atoms with Crippen molar-refractivity contribution >= 4 is 0 Å². The molecule has 0 N–H and O–H groups in total. The quantitative estimate of drug-likeness (QED) is 0.657. The van der Waals surface area contributed by atoms with E-state index in [0.29, 0.717) is 0 Å². The van der Waals surface area contributed by atoms with Gasteiger partial charge in [0.15, 0.2) is 0 Å². The van der Waals surface area contributed by atoms with Crippen molar-refractivity contribution in [1.82, 2.24) is 9.78 Å². The molecule has 0 amide bonds. The van der Waals surface area contributed by atoms with Crippen LogP contribution in [0.4, 0.5) is 0 Å². The van der Waals surface area contributed by atoms with Crippen molar-refractivity contribution in [1.29, 1.82) is 0 Å². The van der Waals surface area contributed by atoms with Crippen LogP contribution in [0.25, 0.3) is 0 Å². The molecular weight excluding hydrogens is 160 g/mol. The van der Waals surface area contributed by atoms with Crippen molar-refractivity contribution in [3.63, 3.8) is 0 Å². The van der Waals surface area contributed by atoms with E-state index in [-0.39, 0.29) is 0 Å². The molecule has 74 valence electrons. The van der Waals surface area contributed by atoms with E-state index < -0.39 is 0 Å². The summed E-state index contributed by atoms with van der Waals surface area (Å²) in [6, 6.07) is 1.99. The van der Waals surface area contributed by atoms with Gasteiger partial charge in [0, 0.05) is 18.9 Å². The summed E-state index contributed by atoms with van der Waals surface area (Å²) >= 11 is 0. The summed E-state index contributed by atoms with van der Waals surface area (Å²) in [7, 11) is 0. The van der Waals surface area contributed by atoms with Crippen LogP contribution in [0, 0.1) is 5.92 Å². The van der Waals surface area contributed by atoms with Crippen LogP contribution in [-0.4, -0.2) is 9.78 Å². The molecule has 0 spiro atoms. The van der Waals surface area contributed by atoms with Crippen molar-refractivity contribution in [2.75, 3.05) is 0 Å². The lowest BCUT2D eigenvalue weighted by Crippen LogP contribution is -2.10. The Kier molecular flexibility index (Phi) is 4.58. The third-order valence-corrected chi connectivity index (χ3v) is 2.55. The minimum absolute atomic E-state index is 0.805. The number of nitrogens with zero attached hydrogens (tertiary/aromatic N) is 2. The Morgan fingerprint density at radius 3 is 2.77 bits per heavy atom. The highest BCUT2D eigenvalue weighted by molar-refractivity contribution is 4.78. The molecule has 2 nitrogen and oxygen atoms in total. The molecule has 1 aromatic heterocycles. The second-order valence-corrected chi connectivity index (χ2v) is 3.64. The van der Waals surface area contributed by atoms with Crippen molar-refractivity contribution < 1.29 is 0 Å². The van der Waals surface area contributed by atoms with Crippen molar-refractivity contribution in [3.8, 4) is 0 Å². The Hall–Kier alpha value is -0.790. The largest absolute Gasteiger partial charge is 0.272 e. The molecule has 1 unspecified atom stereocenters. The van der Waals surface area contributed by atoms with Gasteiger partial charge < -0.3 is 0 Å². The van der Waals surface area contributed by atoms with Crippen LogP contribution in [0.2, 0.25) is 0 Å². The van der Waals surface area contributed by atoms with Gasteiger partial charge in [-0.2, -0.15) is 5.10 Å². The lowest BCUT2D eigenvalue weighted by molar-refractivity contribution is 0.372. The molecule has 1 atom stereocenters. The summed E-state index contributed by atoms with van der Waals surface area (Å²) in [5.41, 5.74) is 0. The maximum absolute atomic E-state index is 4.23. The Morgan fingerprint density at radius 1 is 1.38 bits per heavy atom. The molecule has 0 aliphatic carbocycles. The Balaban J connectivity index is 2.31. The predicted molar refractivity (Wildman–Crippen MR) is 55.5 cm³/mol. The van der Waals surface area contributed by atoms with Gasteiger partial charge in [-0.3, -0.25) is 4.68 Å². The Bertz CT molecular complexity index is 204. The van der Waals surface area contributed by atoms with Gasteiger partial charge in [-0.05, 0) is 18.4 Å². The maximum Gasteiger partial charge on any atom is 0.0489 e. The molecule has 13 heavy (non-hydrogen) atoms. The lowest BCUT2D eigenvalue weighted by atomic mass is 10.00. The molecular formula is C11H20N2. The normalized spacial score (nSPS) is 13.1. The lowest BCUT2D eigenvalue weighted by Gasteiger charge is -2.13. The van der Waals surface area contributed by atoms with Crippen LogP contribution in [0.15, 0.2) is 18.5 Å². The third-order valence-electron chi connectivity index (χ3n) is 2.55. The highest BCUT2D eigenvalue weighted by Gasteiger charge is 2.05. The molecule has 0 fully saturated rings. The zero-order valence-electron chi connectivity index (χ0n) is 8.74. The fourth-order valence-electron chi connectivity index (χ4n) is 1.59. The highest BCUT2D eigenvalue weighted by atomic mass is 15.3. The molecule has 0 saturated heterocycles. The highest BCUT2D eigenvalue weighted by Crippen LogP contribution is 2.14. The number of unbranched alkanes of at least 4 members (excludes halogenated alkanes) is 1. The number of aromatic nitrogens is 2. The summed E-state index contributed by atoms with van der Waals surface area (Å²) in [6.07, 6.45) is 9.16. The third kappa shape index (κ3) is 3.62. The fourth-order valence-corrected chi connectivity index (χ4v) is 1.59. The summed E-state index contributed by atoms with van der Waals surface area (Å²) in [5.74, 6) is 0.805. The van der Waals surface area contributed by atoms with Gasteiger partial charge in [0.05, 0.1) is 0 Å². The van der Waals surface area contributed by atoms with E-state index in [2.05, 4.69) is 25.1 Å². The van der Waals surface area contributed by atoms with Gasteiger partial charge >= 0.3 is 0 Å². The first kappa shape index (κ1) is 10.3. The average molecular weight is 180 g/mol. The van der Waals surface area contributed by atoms with Crippen molar-refractivity contribution in [3.05, 3.63) is 18.5 Å². The van der Waals surface area contributed by atoms with Gasteiger partial charge in [0.2, 0.25) is 0 Å². The molecule has 2 heteroatoms. The fraction of sp³-hybridized carbons (Fsp3) is 0.727. The van der Waals surface area contributed by atoms with Crippen molar-refractivity contribution in [2.45, 2.75) is 46.1 Å². The monoisotopic (exact) mass is 180 g/mol. The van der Waals surface area contributed by atoms with Crippen LogP contribution < -0.4 is 0 Å². The second-order valence-electron chi connectivity index (χ2n) is 3.64. The van der Waals surface area contributed by atoms with Crippen LogP contribution in [-0.2, 0) is 6.54 Å². The van der Waals surface area contributed by atoms with Crippen molar-refractivity contribution in [2.24, 2.45) is 5.92 Å². The topological polar surface area (TPSA) is 17.8 Å². The van der Waals surface area contributed by atoms with Gasteiger partial charge in [-0.25, -0.2) is 0 Å². The summed E-state index contributed by atoms with van der Waals surface area (Å²) in [6.45, 7) is 5.61. The minimum atomic E-state index is 0.805. The van der Waals surface area contributed by atoms with Crippen LogP contribution in [0.5, 0.6) is 0 Å². The molecule has 0 radical (unpaired) electrons. The number of hydrogen-bond acceptors (Lipinski definition) is 1.